The van der Waals surface area contributed by atoms with Crippen molar-refractivity contribution in [2.75, 3.05) is 43.4 Å². The van der Waals surface area contributed by atoms with Crippen molar-refractivity contribution in [2.45, 2.75) is 6.92 Å². The maximum Gasteiger partial charge on any atom is 0.182 e. The molecule has 3 N–H and O–H groups in total. The highest BCUT2D eigenvalue weighted by Gasteiger charge is 2.23. The average molecular weight is 442 g/mol. The van der Waals surface area contributed by atoms with Crippen molar-refractivity contribution >= 4 is 22.4 Å². The van der Waals surface area contributed by atoms with Crippen LogP contribution >= 0.6 is 0 Å². The number of nitriles is 1. The molecule has 33 heavy (non-hydrogen) atoms. The van der Waals surface area contributed by atoms with Crippen LogP contribution < -0.4 is 15.5 Å². The van der Waals surface area contributed by atoms with Crippen LogP contribution in [0.15, 0.2) is 42.5 Å². The second-order valence-electron chi connectivity index (χ2n) is 8.10. The van der Waals surface area contributed by atoms with Crippen molar-refractivity contribution in [3.05, 3.63) is 59.5 Å². The second-order valence-corrected chi connectivity index (χ2v) is 8.10. The molecule has 3 heterocycles. The summed E-state index contributed by atoms with van der Waals surface area (Å²) >= 11 is 0. The number of nitrogens with one attached hydrogen (secondary N) is 3. The summed E-state index contributed by atoms with van der Waals surface area (Å²) in [5, 5.41) is 24.6. The van der Waals surface area contributed by atoms with Gasteiger partial charge < -0.3 is 15.5 Å². The fraction of sp³-hybridized carbons (Fsp3) is 0.240. The average Bonchev–Trinajstić information content (AvgIpc) is 3.23. The molecule has 2 aromatic carbocycles. The third-order valence-corrected chi connectivity index (χ3v) is 6.15. The normalized spacial score (nSPS) is 13.8. The molecule has 0 atom stereocenters. The van der Waals surface area contributed by atoms with E-state index in [9.17, 15) is 5.26 Å². The van der Waals surface area contributed by atoms with E-state index in [0.29, 0.717) is 22.5 Å². The number of nitrogens with zero attached hydrogens (tertiary/aromatic N) is 4. The number of aromatic amines is 1. The Morgan fingerprint density at radius 2 is 1.88 bits per heavy atom. The highest BCUT2D eigenvalue weighted by molar-refractivity contribution is 6.01. The molecule has 1 aliphatic rings. The Morgan fingerprint density at radius 3 is 2.55 bits per heavy atom. The fourth-order valence-electron chi connectivity index (χ4n) is 4.42. The van der Waals surface area contributed by atoms with Gasteiger partial charge in [-0.05, 0) is 42.8 Å². The van der Waals surface area contributed by atoms with E-state index in [1.54, 1.807) is 19.2 Å². The van der Waals surface area contributed by atoms with Crippen molar-refractivity contribution in [1.82, 2.24) is 20.5 Å². The van der Waals surface area contributed by atoms with Gasteiger partial charge in [-0.3, -0.25) is 5.10 Å². The molecular weight excluding hydrogens is 417 g/mol. The van der Waals surface area contributed by atoms with Crippen LogP contribution in [0.4, 0.5) is 15.8 Å². The number of piperazine rings is 1. The van der Waals surface area contributed by atoms with Gasteiger partial charge in [-0.2, -0.15) is 10.4 Å². The van der Waals surface area contributed by atoms with Crippen molar-refractivity contribution < 1.29 is 4.39 Å². The molecule has 8 heteroatoms. The molecule has 7 nitrogen and oxygen atoms in total. The summed E-state index contributed by atoms with van der Waals surface area (Å²) in [4.78, 5) is 6.92. The van der Waals surface area contributed by atoms with Gasteiger partial charge in [0.2, 0.25) is 0 Å². The zero-order valence-corrected chi connectivity index (χ0v) is 18.5. The molecule has 2 aromatic heterocycles. The SMILES string of the molecule is CNc1ccc(-c2nc3n[nH]c(C)c3c(-c3ccc(N4CCNCC4)cc3)c2C#N)c(F)c1. The van der Waals surface area contributed by atoms with Crippen LogP contribution in [0.3, 0.4) is 0 Å². The summed E-state index contributed by atoms with van der Waals surface area (Å²) in [5.41, 5.74) is 5.54. The number of hydrogen-bond acceptors (Lipinski definition) is 6. The van der Waals surface area contributed by atoms with Crippen LogP contribution in [0, 0.1) is 24.1 Å². The predicted octanol–water partition coefficient (Wildman–Crippen LogP) is 4.06. The molecule has 1 saturated heterocycles. The van der Waals surface area contributed by atoms with Crippen molar-refractivity contribution in [1.29, 1.82) is 5.26 Å². The number of pyridine rings is 1. The second kappa shape index (κ2) is 8.52. The first-order valence-electron chi connectivity index (χ1n) is 10.9. The van der Waals surface area contributed by atoms with Crippen LogP contribution in [0.25, 0.3) is 33.4 Å². The first-order valence-corrected chi connectivity index (χ1v) is 10.9. The molecule has 1 aliphatic heterocycles. The summed E-state index contributed by atoms with van der Waals surface area (Å²) in [7, 11) is 1.73. The van der Waals surface area contributed by atoms with E-state index in [0.717, 1.165) is 48.5 Å². The van der Waals surface area contributed by atoms with Gasteiger partial charge in [-0.15, -0.1) is 0 Å². The lowest BCUT2D eigenvalue weighted by molar-refractivity contribution is 0.589. The largest absolute Gasteiger partial charge is 0.388 e. The number of H-pyrrole nitrogens is 1. The Kier molecular flexibility index (Phi) is 5.40. The van der Waals surface area contributed by atoms with E-state index in [2.05, 4.69) is 48.9 Å². The fourth-order valence-corrected chi connectivity index (χ4v) is 4.42. The summed E-state index contributed by atoms with van der Waals surface area (Å²) in [6, 6.07) is 15.3. The predicted molar refractivity (Wildman–Crippen MR) is 129 cm³/mol. The van der Waals surface area contributed by atoms with Crippen LogP contribution in [0.2, 0.25) is 0 Å². The maximum atomic E-state index is 15.0. The molecule has 4 aromatic rings. The Labute approximate surface area is 191 Å². The number of rotatable bonds is 4. The van der Waals surface area contributed by atoms with Gasteiger partial charge in [0.1, 0.15) is 11.9 Å². The summed E-state index contributed by atoms with van der Waals surface area (Å²) in [5.74, 6) is -0.447. The monoisotopic (exact) mass is 441 g/mol. The number of halogens is 1. The van der Waals surface area contributed by atoms with Gasteiger partial charge in [0.05, 0.1) is 16.6 Å². The van der Waals surface area contributed by atoms with Gasteiger partial charge in [0.25, 0.3) is 0 Å². The van der Waals surface area contributed by atoms with E-state index < -0.39 is 5.82 Å². The molecule has 0 saturated carbocycles. The van der Waals surface area contributed by atoms with Crippen LogP contribution in [-0.4, -0.2) is 48.4 Å². The number of hydrogen-bond donors (Lipinski definition) is 3. The number of aromatic nitrogens is 3. The third kappa shape index (κ3) is 3.66. The lowest BCUT2D eigenvalue weighted by Gasteiger charge is -2.29. The van der Waals surface area contributed by atoms with Gasteiger partial charge in [-0.25, -0.2) is 9.37 Å². The van der Waals surface area contributed by atoms with Gasteiger partial charge >= 0.3 is 0 Å². The minimum atomic E-state index is -0.447. The number of anilines is 2. The molecule has 1 fully saturated rings. The molecule has 0 bridgehead atoms. The smallest absolute Gasteiger partial charge is 0.182 e. The topological polar surface area (TPSA) is 92.7 Å². The van der Waals surface area contributed by atoms with Crippen molar-refractivity contribution in [3.8, 4) is 28.5 Å². The number of fused-ring (bicyclic) bond motifs is 1. The standard InChI is InChI=1S/C25H24FN7/c1-15-22-23(16-3-6-18(7-4-16)33-11-9-29-10-12-33)20(14-27)24(30-25(22)32-31-15)19-8-5-17(28-2)13-21(19)26/h3-8,13,28-29H,9-12H2,1-2H3,(H,30,31,32). The van der Waals surface area contributed by atoms with E-state index in [4.69, 9.17) is 0 Å². The Morgan fingerprint density at radius 1 is 1.12 bits per heavy atom. The lowest BCUT2D eigenvalue weighted by Crippen LogP contribution is -2.43. The van der Waals surface area contributed by atoms with Crippen LogP contribution in [-0.2, 0) is 0 Å². The summed E-state index contributed by atoms with van der Waals surface area (Å²) < 4.78 is 15.0. The van der Waals surface area contributed by atoms with Gasteiger partial charge in [0, 0.05) is 61.4 Å². The lowest BCUT2D eigenvalue weighted by atomic mass is 9.93. The van der Waals surface area contributed by atoms with Crippen molar-refractivity contribution in [2.24, 2.45) is 0 Å². The van der Waals surface area contributed by atoms with Crippen LogP contribution in [0.1, 0.15) is 11.3 Å². The zero-order valence-electron chi connectivity index (χ0n) is 18.5. The van der Waals surface area contributed by atoms with Crippen molar-refractivity contribution in [3.63, 3.8) is 0 Å². The molecule has 166 valence electrons. The minimum Gasteiger partial charge on any atom is -0.388 e. The van der Waals surface area contributed by atoms with Gasteiger partial charge in [0.15, 0.2) is 5.65 Å². The van der Waals surface area contributed by atoms with Crippen LogP contribution in [0.5, 0.6) is 0 Å². The summed E-state index contributed by atoms with van der Waals surface area (Å²) in [6.45, 7) is 5.73. The quantitative estimate of drug-likeness (QED) is 0.442. The van der Waals surface area contributed by atoms with E-state index >= 15 is 4.39 Å². The molecule has 0 aliphatic carbocycles. The van der Waals surface area contributed by atoms with E-state index in [1.165, 1.54) is 6.07 Å². The number of aryl methyl sites for hydroxylation is 1. The molecule has 0 radical (unpaired) electrons. The first-order chi connectivity index (χ1) is 16.1. The van der Waals surface area contributed by atoms with Gasteiger partial charge in [-0.1, -0.05) is 12.1 Å². The molecular formula is C25H24FN7. The molecule has 0 amide bonds. The third-order valence-electron chi connectivity index (χ3n) is 6.15. The Hall–Kier alpha value is -3.96. The molecule has 5 rings (SSSR count). The minimum absolute atomic E-state index is 0.270. The molecule has 0 spiro atoms. The van der Waals surface area contributed by atoms with E-state index in [-0.39, 0.29) is 11.3 Å². The summed E-state index contributed by atoms with van der Waals surface area (Å²) in [6.07, 6.45) is 0. The first kappa shape index (κ1) is 20.9. The highest BCUT2D eigenvalue weighted by Crippen LogP contribution is 2.39. The Bertz CT molecular complexity index is 1360. The Balaban J connectivity index is 1.70. The maximum absolute atomic E-state index is 15.0. The zero-order chi connectivity index (χ0) is 22.9. The highest BCUT2D eigenvalue weighted by atomic mass is 19.1. The number of benzene rings is 2. The van der Waals surface area contributed by atoms with E-state index in [1.807, 2.05) is 19.1 Å². The molecule has 0 unspecified atom stereocenters.